The normalized spacial score (nSPS) is 16.2. The molecule has 1 aromatic heterocycles. The van der Waals surface area contributed by atoms with Crippen molar-refractivity contribution in [3.63, 3.8) is 0 Å². The molecule has 5 rings (SSSR count). The molecule has 0 spiro atoms. The molecule has 37 heavy (non-hydrogen) atoms. The van der Waals surface area contributed by atoms with Crippen molar-refractivity contribution in [3.8, 4) is 0 Å². The molecule has 1 aliphatic rings. The Balaban J connectivity index is 1.31. The number of carbonyl (C=O) groups is 2. The number of fused-ring (bicyclic) bond motifs is 1. The van der Waals surface area contributed by atoms with Crippen LogP contribution in [0.15, 0.2) is 79.0 Å². The molecular formula is C31H34N4O2. The van der Waals surface area contributed by atoms with Gasteiger partial charge in [0.1, 0.15) is 0 Å². The molecule has 0 bridgehead atoms. The van der Waals surface area contributed by atoms with Crippen LogP contribution in [0.1, 0.15) is 34.6 Å². The molecule has 6 heteroatoms. The summed E-state index contributed by atoms with van der Waals surface area (Å²) in [7, 11) is 4.05. The number of para-hydroxylation sites is 1. The number of H-pyrrole nitrogens is 1. The highest BCUT2D eigenvalue weighted by Gasteiger charge is 2.34. The summed E-state index contributed by atoms with van der Waals surface area (Å²) in [4.78, 5) is 33.2. The SMILES string of the molecule is Cc1ccc(CN2C[C@H](C(=O)NC[C@@H](c3ccc(N(C)C)cc3)c3c[nH]c4ccccc34)CC2=O)cc1. The maximum atomic E-state index is 13.2. The van der Waals surface area contributed by atoms with Crippen LogP contribution in [-0.4, -0.2) is 48.9 Å². The first-order valence-electron chi connectivity index (χ1n) is 12.8. The van der Waals surface area contributed by atoms with Gasteiger partial charge in [-0.1, -0.05) is 60.2 Å². The van der Waals surface area contributed by atoms with Crippen molar-refractivity contribution < 1.29 is 9.59 Å². The van der Waals surface area contributed by atoms with Crippen molar-refractivity contribution in [2.24, 2.45) is 5.92 Å². The van der Waals surface area contributed by atoms with Gasteiger partial charge in [-0.15, -0.1) is 0 Å². The highest BCUT2D eigenvalue weighted by atomic mass is 16.2. The van der Waals surface area contributed by atoms with Crippen LogP contribution in [0.4, 0.5) is 5.69 Å². The van der Waals surface area contributed by atoms with Crippen molar-refractivity contribution in [1.82, 2.24) is 15.2 Å². The largest absolute Gasteiger partial charge is 0.378 e. The summed E-state index contributed by atoms with van der Waals surface area (Å²) in [5.74, 6) is -0.377. The van der Waals surface area contributed by atoms with Crippen LogP contribution in [0.5, 0.6) is 0 Å². The van der Waals surface area contributed by atoms with Gasteiger partial charge in [0, 0.05) is 68.9 Å². The Morgan fingerprint density at radius 1 is 1.05 bits per heavy atom. The third-order valence-corrected chi connectivity index (χ3v) is 7.37. The van der Waals surface area contributed by atoms with Gasteiger partial charge in [-0.05, 0) is 41.8 Å². The highest BCUT2D eigenvalue weighted by Crippen LogP contribution is 2.32. The summed E-state index contributed by atoms with van der Waals surface area (Å²) < 4.78 is 0. The summed E-state index contributed by atoms with van der Waals surface area (Å²) in [6.45, 7) is 3.50. The van der Waals surface area contributed by atoms with E-state index in [9.17, 15) is 9.59 Å². The second kappa shape index (κ2) is 10.5. The zero-order valence-corrected chi connectivity index (χ0v) is 21.7. The van der Waals surface area contributed by atoms with Gasteiger partial charge >= 0.3 is 0 Å². The monoisotopic (exact) mass is 494 g/mol. The smallest absolute Gasteiger partial charge is 0.225 e. The van der Waals surface area contributed by atoms with Gasteiger partial charge in [-0.3, -0.25) is 9.59 Å². The number of aromatic amines is 1. The van der Waals surface area contributed by atoms with Crippen LogP contribution in [0.2, 0.25) is 0 Å². The van der Waals surface area contributed by atoms with E-state index in [4.69, 9.17) is 0 Å². The molecule has 0 unspecified atom stereocenters. The van der Waals surface area contributed by atoms with Gasteiger partial charge in [0.15, 0.2) is 0 Å². The first-order chi connectivity index (χ1) is 17.9. The molecule has 1 aliphatic heterocycles. The van der Waals surface area contributed by atoms with E-state index in [0.717, 1.165) is 33.3 Å². The van der Waals surface area contributed by atoms with Gasteiger partial charge < -0.3 is 20.1 Å². The fourth-order valence-electron chi connectivity index (χ4n) is 5.16. The molecule has 1 saturated heterocycles. The molecule has 0 saturated carbocycles. The molecule has 2 heterocycles. The molecule has 190 valence electrons. The van der Waals surface area contributed by atoms with E-state index in [2.05, 4.69) is 63.7 Å². The number of hydrogen-bond acceptors (Lipinski definition) is 3. The predicted molar refractivity (Wildman–Crippen MR) is 149 cm³/mol. The predicted octanol–water partition coefficient (Wildman–Crippen LogP) is 4.84. The number of aromatic nitrogens is 1. The van der Waals surface area contributed by atoms with E-state index in [1.165, 1.54) is 5.56 Å². The molecule has 2 atom stereocenters. The van der Waals surface area contributed by atoms with Crippen molar-refractivity contribution in [3.05, 3.63) is 101 Å². The van der Waals surface area contributed by atoms with Gasteiger partial charge in [0.05, 0.1) is 5.92 Å². The average molecular weight is 495 g/mol. The van der Waals surface area contributed by atoms with Gasteiger partial charge in [-0.2, -0.15) is 0 Å². The van der Waals surface area contributed by atoms with Crippen molar-refractivity contribution in [1.29, 1.82) is 0 Å². The summed E-state index contributed by atoms with van der Waals surface area (Å²) in [6.07, 6.45) is 2.30. The lowest BCUT2D eigenvalue weighted by Gasteiger charge is -2.21. The number of aryl methyl sites for hydroxylation is 1. The van der Waals surface area contributed by atoms with E-state index in [1.807, 2.05) is 51.5 Å². The molecular weight excluding hydrogens is 460 g/mol. The van der Waals surface area contributed by atoms with Crippen molar-refractivity contribution >= 4 is 28.4 Å². The summed E-state index contributed by atoms with van der Waals surface area (Å²) in [6, 6.07) is 24.9. The van der Waals surface area contributed by atoms with Crippen molar-refractivity contribution in [2.45, 2.75) is 25.8 Å². The lowest BCUT2D eigenvalue weighted by Crippen LogP contribution is -2.35. The molecule has 0 radical (unpaired) electrons. The van der Waals surface area contributed by atoms with Crippen LogP contribution in [0.3, 0.4) is 0 Å². The van der Waals surface area contributed by atoms with Crippen LogP contribution in [0, 0.1) is 12.8 Å². The Labute approximate surface area is 218 Å². The third kappa shape index (κ3) is 5.38. The van der Waals surface area contributed by atoms with Gasteiger partial charge in [-0.25, -0.2) is 0 Å². The van der Waals surface area contributed by atoms with E-state index < -0.39 is 0 Å². The van der Waals surface area contributed by atoms with E-state index in [1.54, 1.807) is 4.90 Å². The maximum absolute atomic E-state index is 13.2. The number of rotatable bonds is 8. The molecule has 1 fully saturated rings. The Morgan fingerprint density at radius 2 is 1.78 bits per heavy atom. The van der Waals surface area contributed by atoms with E-state index in [-0.39, 0.29) is 30.1 Å². The second-order valence-electron chi connectivity index (χ2n) is 10.2. The van der Waals surface area contributed by atoms with Gasteiger partial charge in [0.25, 0.3) is 0 Å². The molecule has 2 amide bonds. The number of hydrogen-bond donors (Lipinski definition) is 2. The summed E-state index contributed by atoms with van der Waals surface area (Å²) >= 11 is 0. The number of anilines is 1. The minimum absolute atomic E-state index is 0.0166. The lowest BCUT2D eigenvalue weighted by molar-refractivity contribution is -0.129. The Hall–Kier alpha value is -4.06. The number of likely N-dealkylation sites (tertiary alicyclic amines) is 1. The van der Waals surface area contributed by atoms with E-state index in [0.29, 0.717) is 19.6 Å². The number of amides is 2. The zero-order valence-electron chi connectivity index (χ0n) is 21.7. The first-order valence-corrected chi connectivity index (χ1v) is 12.8. The number of carbonyl (C=O) groups excluding carboxylic acids is 2. The lowest BCUT2D eigenvalue weighted by atomic mass is 9.90. The number of benzene rings is 3. The van der Waals surface area contributed by atoms with Gasteiger partial charge in [0.2, 0.25) is 11.8 Å². The Kier molecular flexibility index (Phi) is 6.99. The molecule has 3 aromatic carbocycles. The fourth-order valence-corrected chi connectivity index (χ4v) is 5.16. The molecule has 6 nitrogen and oxygen atoms in total. The van der Waals surface area contributed by atoms with E-state index >= 15 is 0 Å². The van der Waals surface area contributed by atoms with Crippen molar-refractivity contribution in [2.75, 3.05) is 32.1 Å². The van der Waals surface area contributed by atoms with Crippen LogP contribution < -0.4 is 10.2 Å². The third-order valence-electron chi connectivity index (χ3n) is 7.37. The van der Waals surface area contributed by atoms with Crippen LogP contribution >= 0.6 is 0 Å². The molecule has 0 aliphatic carbocycles. The standard InChI is InChI=1S/C31H34N4O2/c1-21-8-10-22(11-9-21)19-35-20-24(16-30(35)36)31(37)33-17-27(23-12-14-25(15-13-23)34(2)3)28-18-32-29-7-5-4-6-26(28)29/h4-15,18,24,27,32H,16-17,19-20H2,1-3H3,(H,33,37)/t24-,27+/m1/s1. The zero-order chi connectivity index (χ0) is 25.9. The highest BCUT2D eigenvalue weighted by molar-refractivity contribution is 5.89. The summed E-state index contributed by atoms with van der Waals surface area (Å²) in [5, 5.41) is 4.34. The average Bonchev–Trinajstić information content (AvgIpc) is 3.49. The minimum atomic E-state index is -0.335. The molecule has 4 aromatic rings. The first kappa shape index (κ1) is 24.6. The Morgan fingerprint density at radius 3 is 2.51 bits per heavy atom. The molecule has 2 N–H and O–H groups in total. The number of nitrogens with zero attached hydrogens (tertiary/aromatic N) is 2. The quantitative estimate of drug-likeness (QED) is 0.368. The Bertz CT molecular complexity index is 1390. The second-order valence-corrected chi connectivity index (χ2v) is 10.2. The van der Waals surface area contributed by atoms with Crippen LogP contribution in [0.25, 0.3) is 10.9 Å². The minimum Gasteiger partial charge on any atom is -0.378 e. The van der Waals surface area contributed by atoms with Crippen LogP contribution in [-0.2, 0) is 16.1 Å². The fraction of sp³-hybridized carbons (Fsp3) is 0.290. The number of nitrogens with one attached hydrogen (secondary N) is 2. The maximum Gasteiger partial charge on any atom is 0.225 e. The topological polar surface area (TPSA) is 68.4 Å². The summed E-state index contributed by atoms with van der Waals surface area (Å²) in [5.41, 5.74) is 6.77.